The molecule has 3 N–H and O–H groups in total. The highest BCUT2D eigenvalue weighted by molar-refractivity contribution is 6.11. The number of unbranched alkanes of at least 4 members (excludes halogenated alkanes) is 5. The molecule has 140 valence electrons. The summed E-state index contributed by atoms with van der Waals surface area (Å²) in [6, 6.07) is 9.48. The largest absolute Gasteiger partial charge is 0.504 e. The van der Waals surface area contributed by atoms with Gasteiger partial charge in [0.15, 0.2) is 17.3 Å². The third-order valence-electron chi connectivity index (χ3n) is 4.23. The molecule has 5 nitrogen and oxygen atoms in total. The fourth-order valence-corrected chi connectivity index (χ4v) is 2.74. The molecule has 2 aromatic rings. The van der Waals surface area contributed by atoms with Crippen LogP contribution in [0.1, 0.15) is 61.4 Å². The minimum atomic E-state index is -0.615. The van der Waals surface area contributed by atoms with Crippen LogP contribution in [0.25, 0.3) is 0 Å². The van der Waals surface area contributed by atoms with E-state index in [1.54, 1.807) is 30.3 Å². The maximum absolute atomic E-state index is 12.4. The summed E-state index contributed by atoms with van der Waals surface area (Å²) in [4.78, 5) is 12.4. The Morgan fingerprint density at radius 3 is 2.27 bits per heavy atom. The Kier molecular flexibility index (Phi) is 7.33. The summed E-state index contributed by atoms with van der Waals surface area (Å²) in [5, 5.41) is 30.4. The van der Waals surface area contributed by atoms with Crippen LogP contribution in [0.4, 0.5) is 0 Å². The SMILES string of the molecule is CCCCCCCCOc1c(O)cc(C(=O)c2ccccc2)c(O)c1O. The number of carbonyl (C=O) groups excluding carboxylic acids is 1. The van der Waals surface area contributed by atoms with Gasteiger partial charge in [0.05, 0.1) is 12.2 Å². The van der Waals surface area contributed by atoms with Crippen LogP contribution in [0.2, 0.25) is 0 Å². The molecule has 0 saturated carbocycles. The number of ether oxygens (including phenoxy) is 1. The van der Waals surface area contributed by atoms with Crippen LogP contribution in [0.5, 0.6) is 23.0 Å². The van der Waals surface area contributed by atoms with Gasteiger partial charge in [-0.25, -0.2) is 0 Å². The Bertz CT molecular complexity index is 725. The highest BCUT2D eigenvalue weighted by Crippen LogP contribution is 2.45. The van der Waals surface area contributed by atoms with Gasteiger partial charge in [-0.2, -0.15) is 0 Å². The number of hydrogen-bond donors (Lipinski definition) is 3. The van der Waals surface area contributed by atoms with Crippen LogP contribution in [0.3, 0.4) is 0 Å². The van der Waals surface area contributed by atoms with Gasteiger partial charge in [-0.05, 0) is 12.5 Å². The van der Waals surface area contributed by atoms with Crippen LogP contribution in [-0.4, -0.2) is 27.7 Å². The summed E-state index contributed by atoms with van der Waals surface area (Å²) in [5.74, 6) is -2.26. The molecule has 0 heterocycles. The Balaban J connectivity index is 2.04. The standard InChI is InChI=1S/C21H26O5/c1-2-3-4-5-6-10-13-26-21-17(22)14-16(19(24)20(21)25)18(23)15-11-8-7-9-12-15/h7-9,11-12,14,22,24-25H,2-6,10,13H2,1H3. The van der Waals surface area contributed by atoms with Gasteiger partial charge in [0.25, 0.3) is 0 Å². The average molecular weight is 358 g/mol. The van der Waals surface area contributed by atoms with Crippen molar-refractivity contribution in [2.75, 3.05) is 6.61 Å². The second kappa shape index (κ2) is 9.70. The number of phenols is 3. The predicted molar refractivity (Wildman–Crippen MR) is 100 cm³/mol. The first kappa shape index (κ1) is 19.6. The maximum Gasteiger partial charge on any atom is 0.207 e. The smallest absolute Gasteiger partial charge is 0.207 e. The highest BCUT2D eigenvalue weighted by Gasteiger charge is 2.23. The molecule has 0 bridgehead atoms. The van der Waals surface area contributed by atoms with Gasteiger partial charge in [-0.1, -0.05) is 69.4 Å². The molecule has 2 rings (SSSR count). The van der Waals surface area contributed by atoms with Crippen molar-refractivity contribution in [2.24, 2.45) is 0 Å². The molecule has 26 heavy (non-hydrogen) atoms. The first-order valence-electron chi connectivity index (χ1n) is 9.06. The molecule has 0 aliphatic rings. The predicted octanol–water partition coefficient (Wildman–Crippen LogP) is 4.77. The lowest BCUT2D eigenvalue weighted by atomic mass is 10.0. The Morgan fingerprint density at radius 1 is 0.923 bits per heavy atom. The fourth-order valence-electron chi connectivity index (χ4n) is 2.74. The van der Waals surface area contributed by atoms with Crippen molar-refractivity contribution in [1.29, 1.82) is 0 Å². The number of benzene rings is 2. The van der Waals surface area contributed by atoms with Gasteiger partial charge in [-0.3, -0.25) is 4.79 Å². The van der Waals surface area contributed by atoms with Crippen LogP contribution >= 0.6 is 0 Å². The molecule has 0 radical (unpaired) electrons. The van der Waals surface area contributed by atoms with Crippen LogP contribution in [-0.2, 0) is 0 Å². The quantitative estimate of drug-likeness (QED) is 0.246. The molecule has 0 aliphatic carbocycles. The zero-order chi connectivity index (χ0) is 18.9. The molecule has 0 aromatic heterocycles. The fraction of sp³-hybridized carbons (Fsp3) is 0.381. The van der Waals surface area contributed by atoms with E-state index in [9.17, 15) is 20.1 Å². The topological polar surface area (TPSA) is 87.0 Å². The highest BCUT2D eigenvalue weighted by atomic mass is 16.5. The summed E-state index contributed by atoms with van der Waals surface area (Å²) in [6.45, 7) is 2.48. The molecule has 0 amide bonds. The monoisotopic (exact) mass is 358 g/mol. The van der Waals surface area contributed by atoms with E-state index in [1.807, 2.05) is 0 Å². The van der Waals surface area contributed by atoms with Crippen molar-refractivity contribution >= 4 is 5.78 Å². The zero-order valence-corrected chi connectivity index (χ0v) is 15.1. The van der Waals surface area contributed by atoms with E-state index in [4.69, 9.17) is 4.74 Å². The molecule has 0 aliphatic heterocycles. The molecule has 0 saturated heterocycles. The van der Waals surface area contributed by atoms with E-state index >= 15 is 0 Å². The number of rotatable bonds is 10. The second-order valence-corrected chi connectivity index (χ2v) is 6.28. The van der Waals surface area contributed by atoms with Gasteiger partial charge in [-0.15, -0.1) is 0 Å². The van der Waals surface area contributed by atoms with Gasteiger partial charge in [0.1, 0.15) is 0 Å². The zero-order valence-electron chi connectivity index (χ0n) is 15.1. The summed E-state index contributed by atoms with van der Waals surface area (Å²) in [5.41, 5.74) is 0.181. The van der Waals surface area contributed by atoms with E-state index in [-0.39, 0.29) is 17.1 Å². The van der Waals surface area contributed by atoms with Crippen LogP contribution in [0, 0.1) is 0 Å². The number of phenolic OH excluding ortho intramolecular Hbond substituents is 3. The molecule has 0 fully saturated rings. The second-order valence-electron chi connectivity index (χ2n) is 6.28. The molecule has 2 aromatic carbocycles. The third kappa shape index (κ3) is 4.91. The molecule has 0 spiro atoms. The summed E-state index contributed by atoms with van der Waals surface area (Å²) < 4.78 is 5.42. The number of carbonyl (C=O) groups is 1. The van der Waals surface area contributed by atoms with Crippen LogP contribution < -0.4 is 4.74 Å². The maximum atomic E-state index is 12.4. The van der Waals surface area contributed by atoms with E-state index in [1.165, 1.54) is 19.3 Å². The van der Waals surface area contributed by atoms with Crippen molar-refractivity contribution in [3.8, 4) is 23.0 Å². The lowest BCUT2D eigenvalue weighted by molar-refractivity contribution is 0.103. The molecular formula is C21H26O5. The van der Waals surface area contributed by atoms with Crippen molar-refractivity contribution in [3.63, 3.8) is 0 Å². The molecule has 0 atom stereocenters. The van der Waals surface area contributed by atoms with E-state index in [2.05, 4.69) is 6.92 Å². The number of ketones is 1. The summed E-state index contributed by atoms with van der Waals surface area (Å²) in [6.07, 6.45) is 6.49. The Morgan fingerprint density at radius 2 is 1.58 bits per heavy atom. The normalized spacial score (nSPS) is 10.7. The molecule has 0 unspecified atom stereocenters. The van der Waals surface area contributed by atoms with E-state index in [0.717, 1.165) is 25.3 Å². The van der Waals surface area contributed by atoms with Gasteiger partial charge in [0.2, 0.25) is 11.5 Å². The Labute approximate surface area is 153 Å². The first-order valence-corrected chi connectivity index (χ1v) is 9.06. The van der Waals surface area contributed by atoms with Crippen LogP contribution in [0.15, 0.2) is 36.4 Å². The molecule has 5 heteroatoms. The lowest BCUT2D eigenvalue weighted by Crippen LogP contribution is -2.03. The third-order valence-corrected chi connectivity index (χ3v) is 4.23. The van der Waals surface area contributed by atoms with Gasteiger partial charge < -0.3 is 20.1 Å². The number of aromatic hydroxyl groups is 3. The minimum Gasteiger partial charge on any atom is -0.504 e. The first-order chi connectivity index (χ1) is 12.6. The van der Waals surface area contributed by atoms with Crippen molar-refractivity contribution in [1.82, 2.24) is 0 Å². The van der Waals surface area contributed by atoms with Crippen molar-refractivity contribution in [3.05, 3.63) is 47.5 Å². The van der Waals surface area contributed by atoms with Crippen molar-refractivity contribution in [2.45, 2.75) is 45.4 Å². The van der Waals surface area contributed by atoms with Gasteiger partial charge >= 0.3 is 0 Å². The Hall–Kier alpha value is -2.69. The average Bonchev–Trinajstić information content (AvgIpc) is 2.66. The van der Waals surface area contributed by atoms with Crippen molar-refractivity contribution < 1.29 is 24.9 Å². The molecular weight excluding hydrogens is 332 g/mol. The summed E-state index contributed by atoms with van der Waals surface area (Å²) in [7, 11) is 0. The minimum absolute atomic E-state index is 0.168. The van der Waals surface area contributed by atoms with E-state index < -0.39 is 17.3 Å². The van der Waals surface area contributed by atoms with Gasteiger partial charge in [0, 0.05) is 5.56 Å². The van der Waals surface area contributed by atoms with E-state index in [0.29, 0.717) is 12.2 Å². The number of hydrogen-bond acceptors (Lipinski definition) is 5. The lowest BCUT2D eigenvalue weighted by Gasteiger charge is -2.13. The summed E-state index contributed by atoms with van der Waals surface area (Å²) >= 11 is 0.